The smallest absolute Gasteiger partial charge is 0.336 e. The summed E-state index contributed by atoms with van der Waals surface area (Å²) in [6.07, 6.45) is 0.793. The number of hydrogen-bond donors (Lipinski definition) is 0. The molecule has 1 aliphatic rings. The fourth-order valence-electron chi connectivity index (χ4n) is 2.55. The van der Waals surface area contributed by atoms with Gasteiger partial charge in [-0.3, -0.25) is 4.18 Å². The van der Waals surface area contributed by atoms with Gasteiger partial charge < -0.3 is 9.15 Å². The van der Waals surface area contributed by atoms with E-state index in [1.54, 1.807) is 26.0 Å². The Morgan fingerprint density at radius 1 is 1.27 bits per heavy atom. The molecule has 1 aromatic carbocycles. The quantitative estimate of drug-likeness (QED) is 0.619. The molecule has 2 aromatic rings. The van der Waals surface area contributed by atoms with Crippen LogP contribution >= 0.6 is 0 Å². The van der Waals surface area contributed by atoms with Crippen molar-refractivity contribution in [1.29, 1.82) is 0 Å². The number of fused-ring (bicyclic) bond motifs is 2. The number of benzene rings is 1. The van der Waals surface area contributed by atoms with Gasteiger partial charge in [-0.2, -0.15) is 8.42 Å². The molecule has 1 aromatic heterocycles. The van der Waals surface area contributed by atoms with E-state index in [2.05, 4.69) is 0 Å². The Kier molecular flexibility index (Phi) is 3.30. The largest absolute Gasteiger partial charge is 0.485 e. The van der Waals surface area contributed by atoms with Gasteiger partial charge in [-0.15, -0.1) is 0 Å². The van der Waals surface area contributed by atoms with E-state index in [0.29, 0.717) is 17.8 Å². The Morgan fingerprint density at radius 2 is 2.00 bits per heavy atom. The van der Waals surface area contributed by atoms with E-state index < -0.39 is 27.4 Å². The molecule has 7 heteroatoms. The predicted octanol–water partition coefficient (Wildman–Crippen LogP) is 1.85. The minimum absolute atomic E-state index is 0.393. The first-order valence-electron chi connectivity index (χ1n) is 6.78. The van der Waals surface area contributed by atoms with Gasteiger partial charge in [-0.1, -0.05) is 0 Å². The van der Waals surface area contributed by atoms with Gasteiger partial charge in [0, 0.05) is 23.9 Å². The lowest BCUT2D eigenvalue weighted by molar-refractivity contribution is -0.0232. The van der Waals surface area contributed by atoms with Crippen molar-refractivity contribution in [2.45, 2.75) is 32.0 Å². The van der Waals surface area contributed by atoms with Gasteiger partial charge in [-0.25, -0.2) is 4.79 Å². The maximum Gasteiger partial charge on any atom is 0.336 e. The Bertz CT molecular complexity index is 894. The molecule has 6 nitrogen and oxygen atoms in total. The number of hydrogen-bond acceptors (Lipinski definition) is 6. The van der Waals surface area contributed by atoms with Crippen LogP contribution in [0.1, 0.15) is 19.4 Å². The molecule has 3 rings (SSSR count). The Morgan fingerprint density at radius 3 is 2.68 bits per heavy atom. The van der Waals surface area contributed by atoms with E-state index in [9.17, 15) is 13.2 Å². The molecule has 118 valence electrons. The highest BCUT2D eigenvalue weighted by molar-refractivity contribution is 7.86. The zero-order chi connectivity index (χ0) is 16.1. The molecule has 22 heavy (non-hydrogen) atoms. The average molecular weight is 324 g/mol. The van der Waals surface area contributed by atoms with Crippen molar-refractivity contribution in [2.24, 2.45) is 0 Å². The molecule has 0 radical (unpaired) electrons. The lowest BCUT2D eigenvalue weighted by atomic mass is 9.90. The minimum atomic E-state index is -3.59. The lowest BCUT2D eigenvalue weighted by Gasteiger charge is -2.38. The predicted molar refractivity (Wildman–Crippen MR) is 80.6 cm³/mol. The summed E-state index contributed by atoms with van der Waals surface area (Å²) in [6, 6.07) is 6.48. The highest BCUT2D eigenvalue weighted by atomic mass is 32.2. The molecule has 0 spiro atoms. The van der Waals surface area contributed by atoms with Crippen LogP contribution in [0.25, 0.3) is 11.0 Å². The third-order valence-electron chi connectivity index (χ3n) is 3.65. The summed E-state index contributed by atoms with van der Waals surface area (Å²) in [5.74, 6) is 0.570. The highest BCUT2D eigenvalue weighted by Gasteiger charge is 2.40. The van der Waals surface area contributed by atoms with Crippen LogP contribution in [0.15, 0.2) is 33.5 Å². The summed E-state index contributed by atoms with van der Waals surface area (Å²) >= 11 is 0. The fraction of sp³-hybridized carbons (Fsp3) is 0.400. The van der Waals surface area contributed by atoms with Gasteiger partial charge in [0.25, 0.3) is 10.1 Å². The van der Waals surface area contributed by atoms with Gasteiger partial charge in [-0.05, 0) is 31.5 Å². The van der Waals surface area contributed by atoms with E-state index >= 15 is 0 Å². The molecule has 1 aliphatic heterocycles. The maximum absolute atomic E-state index is 11.4. The Balaban J connectivity index is 2.07. The molecule has 0 N–H and O–H groups in total. The highest BCUT2D eigenvalue weighted by Crippen LogP contribution is 2.37. The fourth-order valence-corrected chi connectivity index (χ4v) is 3.28. The molecule has 0 unspecified atom stereocenters. The first-order valence-corrected chi connectivity index (χ1v) is 8.60. The van der Waals surface area contributed by atoms with Gasteiger partial charge >= 0.3 is 5.63 Å². The molecular weight excluding hydrogens is 308 g/mol. The maximum atomic E-state index is 11.4. The second-order valence-corrected chi connectivity index (χ2v) is 7.55. The third-order valence-corrected chi connectivity index (χ3v) is 4.23. The summed E-state index contributed by atoms with van der Waals surface area (Å²) in [5, 5.41) is 0.750. The topological polar surface area (TPSA) is 82.8 Å². The summed E-state index contributed by atoms with van der Waals surface area (Å²) in [4.78, 5) is 11.3. The van der Waals surface area contributed by atoms with Crippen LogP contribution in [0.3, 0.4) is 0 Å². The second-order valence-electron chi connectivity index (χ2n) is 5.95. The van der Waals surface area contributed by atoms with Crippen LogP contribution in [0.2, 0.25) is 0 Å². The van der Waals surface area contributed by atoms with Crippen LogP contribution in [-0.4, -0.2) is 26.4 Å². The minimum Gasteiger partial charge on any atom is -0.485 e. The SMILES string of the molecule is CC1(C)Oc2cc3oc(=O)ccc3cc2C[C@@H]1OS(C)(=O)=O. The zero-order valence-corrected chi connectivity index (χ0v) is 13.3. The monoisotopic (exact) mass is 324 g/mol. The van der Waals surface area contributed by atoms with E-state index in [1.807, 2.05) is 6.07 Å². The molecule has 0 saturated heterocycles. The van der Waals surface area contributed by atoms with E-state index in [-0.39, 0.29) is 0 Å². The van der Waals surface area contributed by atoms with Gasteiger partial charge in [0.1, 0.15) is 23.0 Å². The first kappa shape index (κ1) is 15.1. The average Bonchev–Trinajstić information content (AvgIpc) is 2.35. The van der Waals surface area contributed by atoms with Gasteiger partial charge in [0.05, 0.1) is 6.26 Å². The van der Waals surface area contributed by atoms with Gasteiger partial charge in [0.2, 0.25) is 0 Å². The van der Waals surface area contributed by atoms with Crippen molar-refractivity contribution in [3.8, 4) is 5.75 Å². The molecule has 0 amide bonds. The molecule has 1 atom stereocenters. The summed E-state index contributed by atoms with van der Waals surface area (Å²) in [7, 11) is -3.59. The standard InChI is InChI=1S/C15H16O6S/c1-15(2)13(21-22(3,17)18)7-10-6-9-4-5-14(16)19-11(9)8-12(10)20-15/h4-6,8,13H,7H2,1-3H3/t13-/m0/s1. The van der Waals surface area contributed by atoms with Crippen molar-refractivity contribution >= 4 is 21.1 Å². The van der Waals surface area contributed by atoms with E-state index in [1.165, 1.54) is 6.07 Å². The second kappa shape index (κ2) is 4.82. The zero-order valence-electron chi connectivity index (χ0n) is 12.5. The van der Waals surface area contributed by atoms with Crippen LogP contribution in [0.4, 0.5) is 0 Å². The van der Waals surface area contributed by atoms with Crippen LogP contribution < -0.4 is 10.4 Å². The summed E-state index contributed by atoms with van der Waals surface area (Å²) in [5.41, 5.74) is -0.00147. The Hall–Kier alpha value is -1.86. The number of ether oxygens (including phenoxy) is 1. The van der Waals surface area contributed by atoms with Crippen molar-refractivity contribution in [3.05, 3.63) is 40.2 Å². The molecule has 0 bridgehead atoms. The van der Waals surface area contributed by atoms with Crippen molar-refractivity contribution in [1.82, 2.24) is 0 Å². The van der Waals surface area contributed by atoms with Gasteiger partial charge in [0.15, 0.2) is 0 Å². The van der Waals surface area contributed by atoms with E-state index in [0.717, 1.165) is 17.2 Å². The Labute approximate surface area is 127 Å². The lowest BCUT2D eigenvalue weighted by Crippen LogP contribution is -2.48. The first-order chi connectivity index (χ1) is 10.1. The summed E-state index contributed by atoms with van der Waals surface area (Å²) in [6.45, 7) is 3.52. The molecule has 0 fully saturated rings. The third kappa shape index (κ3) is 2.86. The van der Waals surface area contributed by atoms with Crippen LogP contribution in [0, 0.1) is 0 Å². The normalized spacial score (nSPS) is 20.4. The van der Waals surface area contributed by atoms with E-state index in [4.69, 9.17) is 13.3 Å². The summed E-state index contributed by atoms with van der Waals surface area (Å²) < 4.78 is 39.0. The van der Waals surface area contributed by atoms with Crippen LogP contribution in [-0.2, 0) is 20.7 Å². The molecule has 0 aliphatic carbocycles. The van der Waals surface area contributed by atoms with Crippen molar-refractivity contribution < 1.29 is 21.8 Å². The molecular formula is C15H16O6S. The molecule has 0 saturated carbocycles. The van der Waals surface area contributed by atoms with Crippen molar-refractivity contribution in [3.63, 3.8) is 0 Å². The van der Waals surface area contributed by atoms with Crippen molar-refractivity contribution in [2.75, 3.05) is 6.26 Å². The number of rotatable bonds is 2. The van der Waals surface area contributed by atoms with Crippen LogP contribution in [0.5, 0.6) is 5.75 Å². The molecule has 2 heterocycles.